The summed E-state index contributed by atoms with van der Waals surface area (Å²) in [5, 5.41) is 8.71. The Kier molecular flexibility index (Phi) is 3.48. The smallest absolute Gasteiger partial charge is 0.335 e. The molecule has 3 nitrogen and oxygen atoms in total. The number of nitrogens with zero attached hydrogens (tertiary/aromatic N) is 1. The summed E-state index contributed by atoms with van der Waals surface area (Å²) in [5.74, 6) is -1.71. The Labute approximate surface area is 103 Å². The Bertz CT molecular complexity index is 594. The van der Waals surface area contributed by atoms with Crippen LogP contribution in [0.2, 0.25) is 0 Å². The molecule has 1 aromatic heterocycles. The van der Waals surface area contributed by atoms with Gasteiger partial charge in [0.15, 0.2) is 0 Å². The molecule has 4 heteroatoms. The van der Waals surface area contributed by atoms with E-state index in [4.69, 9.17) is 5.11 Å². The summed E-state index contributed by atoms with van der Waals surface area (Å²) in [6.45, 7) is 0. The van der Waals surface area contributed by atoms with Crippen molar-refractivity contribution in [1.29, 1.82) is 0 Å². The third kappa shape index (κ3) is 2.79. The number of aromatic nitrogens is 1. The van der Waals surface area contributed by atoms with Gasteiger partial charge in [-0.15, -0.1) is 0 Å². The summed E-state index contributed by atoms with van der Waals surface area (Å²) in [6, 6.07) is 9.21. The van der Waals surface area contributed by atoms with Crippen LogP contribution in [-0.4, -0.2) is 16.1 Å². The Morgan fingerprint density at radius 2 is 2.06 bits per heavy atom. The number of aromatic carboxylic acids is 1. The second kappa shape index (κ2) is 5.23. The molecule has 0 fully saturated rings. The van der Waals surface area contributed by atoms with Crippen LogP contribution in [0.15, 0.2) is 42.6 Å². The highest BCUT2D eigenvalue weighted by atomic mass is 19.1. The molecule has 2 aromatic rings. The minimum absolute atomic E-state index is 0.0671. The van der Waals surface area contributed by atoms with Crippen LogP contribution >= 0.6 is 0 Å². The minimum atomic E-state index is -1.14. The highest BCUT2D eigenvalue weighted by Gasteiger charge is 2.06. The van der Waals surface area contributed by atoms with Gasteiger partial charge in [-0.05, 0) is 36.4 Å². The van der Waals surface area contributed by atoms with Crippen molar-refractivity contribution in [2.24, 2.45) is 0 Å². The van der Waals surface area contributed by atoms with Gasteiger partial charge in [-0.1, -0.05) is 12.1 Å². The highest BCUT2D eigenvalue weighted by Crippen LogP contribution is 2.13. The lowest BCUT2D eigenvalue weighted by Crippen LogP contribution is -1.97. The van der Waals surface area contributed by atoms with Crippen molar-refractivity contribution in [2.75, 3.05) is 0 Å². The van der Waals surface area contributed by atoms with E-state index in [0.717, 1.165) is 6.07 Å². The zero-order chi connectivity index (χ0) is 13.0. The molecule has 1 heterocycles. The number of carboxylic acids is 1. The van der Waals surface area contributed by atoms with Gasteiger partial charge in [0.1, 0.15) is 5.82 Å². The second-order valence-electron chi connectivity index (χ2n) is 3.63. The van der Waals surface area contributed by atoms with Gasteiger partial charge in [-0.3, -0.25) is 4.98 Å². The molecule has 0 bridgehead atoms. The molecule has 18 heavy (non-hydrogen) atoms. The van der Waals surface area contributed by atoms with E-state index in [1.807, 2.05) is 6.07 Å². The van der Waals surface area contributed by atoms with Crippen LogP contribution in [0.25, 0.3) is 12.2 Å². The van der Waals surface area contributed by atoms with Crippen LogP contribution < -0.4 is 0 Å². The molecule has 0 radical (unpaired) electrons. The first kappa shape index (κ1) is 12.0. The van der Waals surface area contributed by atoms with Crippen LogP contribution in [0.4, 0.5) is 4.39 Å². The summed E-state index contributed by atoms with van der Waals surface area (Å²) in [5.41, 5.74) is 0.965. The van der Waals surface area contributed by atoms with Gasteiger partial charge >= 0.3 is 5.97 Å². The van der Waals surface area contributed by atoms with E-state index < -0.39 is 11.8 Å². The first-order valence-corrected chi connectivity index (χ1v) is 5.29. The molecule has 0 atom stereocenters. The molecular weight excluding hydrogens is 233 g/mol. The molecule has 1 N–H and O–H groups in total. The number of carboxylic acid groups (broad SMARTS) is 1. The van der Waals surface area contributed by atoms with Crippen molar-refractivity contribution in [3.8, 4) is 0 Å². The third-order valence-corrected chi connectivity index (χ3v) is 2.37. The summed E-state index contributed by atoms with van der Waals surface area (Å²) in [6.07, 6.45) is 4.87. The van der Waals surface area contributed by atoms with Crippen LogP contribution in [0, 0.1) is 5.82 Å². The molecule has 0 saturated heterocycles. The number of halogens is 1. The molecule has 0 aliphatic carbocycles. The van der Waals surface area contributed by atoms with Crippen LogP contribution in [0.5, 0.6) is 0 Å². The van der Waals surface area contributed by atoms with Crippen LogP contribution in [0.1, 0.15) is 21.6 Å². The van der Waals surface area contributed by atoms with E-state index in [-0.39, 0.29) is 5.56 Å². The predicted molar refractivity (Wildman–Crippen MR) is 66.5 cm³/mol. The molecule has 0 spiro atoms. The Morgan fingerprint density at radius 1 is 1.22 bits per heavy atom. The standard InChI is InChI=1S/C14H10FNO2/c15-13-9-11(14(17)18)5-4-10(13)6-7-12-3-1-2-8-16-12/h1-9H,(H,17,18). The van der Waals surface area contributed by atoms with Gasteiger partial charge in [0.25, 0.3) is 0 Å². The molecular formula is C14H10FNO2. The van der Waals surface area contributed by atoms with E-state index in [1.54, 1.807) is 30.5 Å². The predicted octanol–water partition coefficient (Wildman–Crippen LogP) is 3.09. The van der Waals surface area contributed by atoms with Crippen LogP contribution in [-0.2, 0) is 0 Å². The topological polar surface area (TPSA) is 50.2 Å². The second-order valence-corrected chi connectivity index (χ2v) is 3.63. The number of pyridine rings is 1. The van der Waals surface area contributed by atoms with Crippen molar-refractivity contribution >= 4 is 18.1 Å². The van der Waals surface area contributed by atoms with Crippen molar-refractivity contribution in [2.45, 2.75) is 0 Å². The average molecular weight is 243 g/mol. The zero-order valence-electron chi connectivity index (χ0n) is 9.38. The van der Waals surface area contributed by atoms with Gasteiger partial charge in [0, 0.05) is 11.8 Å². The monoisotopic (exact) mass is 243 g/mol. The SMILES string of the molecule is O=C(O)c1ccc(C=Cc2ccccn2)c(F)c1. The lowest BCUT2D eigenvalue weighted by molar-refractivity contribution is 0.0696. The fourth-order valence-corrected chi connectivity index (χ4v) is 1.45. The van der Waals surface area contributed by atoms with Crippen molar-refractivity contribution < 1.29 is 14.3 Å². The molecule has 0 saturated carbocycles. The molecule has 0 aliphatic rings. The van der Waals surface area contributed by atoms with Gasteiger partial charge < -0.3 is 5.11 Å². The van der Waals surface area contributed by atoms with E-state index in [9.17, 15) is 9.18 Å². The van der Waals surface area contributed by atoms with E-state index in [2.05, 4.69) is 4.98 Å². The normalized spacial score (nSPS) is 10.7. The minimum Gasteiger partial charge on any atom is -0.478 e. The maximum atomic E-state index is 13.6. The average Bonchev–Trinajstić information content (AvgIpc) is 2.38. The summed E-state index contributed by atoms with van der Waals surface area (Å²) in [7, 11) is 0. The first-order valence-electron chi connectivity index (χ1n) is 5.29. The van der Waals surface area contributed by atoms with Gasteiger partial charge in [-0.25, -0.2) is 9.18 Å². The fourth-order valence-electron chi connectivity index (χ4n) is 1.45. The zero-order valence-corrected chi connectivity index (χ0v) is 9.38. The maximum absolute atomic E-state index is 13.6. The summed E-state index contributed by atoms with van der Waals surface area (Å²) >= 11 is 0. The number of carbonyl (C=O) groups is 1. The van der Waals surface area contributed by atoms with E-state index in [0.29, 0.717) is 11.3 Å². The molecule has 0 amide bonds. The number of hydrogen-bond acceptors (Lipinski definition) is 2. The lowest BCUT2D eigenvalue weighted by Gasteiger charge is -1.99. The summed E-state index contributed by atoms with van der Waals surface area (Å²) < 4.78 is 13.6. The Balaban J connectivity index is 2.25. The molecule has 0 unspecified atom stereocenters. The molecule has 90 valence electrons. The van der Waals surface area contributed by atoms with E-state index in [1.165, 1.54) is 12.1 Å². The van der Waals surface area contributed by atoms with Crippen molar-refractivity contribution in [1.82, 2.24) is 4.98 Å². The lowest BCUT2D eigenvalue weighted by atomic mass is 10.1. The number of hydrogen-bond donors (Lipinski definition) is 1. The number of benzene rings is 1. The summed E-state index contributed by atoms with van der Waals surface area (Å²) in [4.78, 5) is 14.7. The Morgan fingerprint density at radius 3 is 2.67 bits per heavy atom. The van der Waals surface area contributed by atoms with Gasteiger partial charge in [0.2, 0.25) is 0 Å². The Hall–Kier alpha value is -2.49. The quantitative estimate of drug-likeness (QED) is 0.901. The molecule has 0 aliphatic heterocycles. The van der Waals surface area contributed by atoms with E-state index >= 15 is 0 Å². The fraction of sp³-hybridized carbons (Fsp3) is 0. The molecule has 2 rings (SSSR count). The first-order chi connectivity index (χ1) is 8.66. The van der Waals surface area contributed by atoms with Gasteiger partial charge in [-0.2, -0.15) is 0 Å². The van der Waals surface area contributed by atoms with Crippen molar-refractivity contribution in [3.63, 3.8) is 0 Å². The largest absolute Gasteiger partial charge is 0.478 e. The molecule has 1 aromatic carbocycles. The van der Waals surface area contributed by atoms with Crippen LogP contribution in [0.3, 0.4) is 0 Å². The van der Waals surface area contributed by atoms with Gasteiger partial charge in [0.05, 0.1) is 11.3 Å². The maximum Gasteiger partial charge on any atom is 0.335 e. The number of rotatable bonds is 3. The highest BCUT2D eigenvalue weighted by molar-refractivity contribution is 5.88. The van der Waals surface area contributed by atoms with Crippen molar-refractivity contribution in [3.05, 3.63) is 65.2 Å². The third-order valence-electron chi connectivity index (χ3n) is 2.37.